The summed E-state index contributed by atoms with van der Waals surface area (Å²) in [6.07, 6.45) is 2.62. The third-order valence-corrected chi connectivity index (χ3v) is 5.44. The first-order chi connectivity index (χ1) is 13.1. The molecule has 142 valence electrons. The zero-order valence-electron chi connectivity index (χ0n) is 16.2. The van der Waals surface area contributed by atoms with Crippen LogP contribution in [0.5, 0.6) is 0 Å². The summed E-state index contributed by atoms with van der Waals surface area (Å²) in [4.78, 5) is 26.7. The minimum absolute atomic E-state index is 0.0279. The second kappa shape index (κ2) is 8.85. The molecule has 0 bridgehead atoms. The molecule has 1 N–H and O–H groups in total. The molecule has 4 nitrogen and oxygen atoms in total. The molecule has 0 aromatic heterocycles. The van der Waals surface area contributed by atoms with Gasteiger partial charge in [-0.2, -0.15) is 0 Å². The van der Waals surface area contributed by atoms with E-state index in [1.54, 1.807) is 6.92 Å². The fraction of sp³-hybridized carbons (Fsp3) is 0.391. The molecule has 3 rings (SSSR count). The van der Waals surface area contributed by atoms with E-state index in [0.29, 0.717) is 13.1 Å². The highest BCUT2D eigenvalue weighted by Gasteiger charge is 2.34. The molecule has 0 radical (unpaired) electrons. The summed E-state index contributed by atoms with van der Waals surface area (Å²) in [5, 5.41) is 3.02. The molecule has 0 unspecified atom stereocenters. The summed E-state index contributed by atoms with van der Waals surface area (Å²) in [6, 6.07) is 18.5. The summed E-state index contributed by atoms with van der Waals surface area (Å²) in [7, 11) is 0. The zero-order valence-corrected chi connectivity index (χ0v) is 16.2. The van der Waals surface area contributed by atoms with Gasteiger partial charge in [-0.1, -0.05) is 61.5 Å². The van der Waals surface area contributed by atoms with Gasteiger partial charge in [-0.05, 0) is 36.0 Å². The lowest BCUT2D eigenvalue weighted by Crippen LogP contribution is -2.46. The minimum atomic E-state index is -0.149. The maximum Gasteiger partial charge on any atom is 0.225 e. The highest BCUT2D eigenvalue weighted by atomic mass is 16.2. The topological polar surface area (TPSA) is 49.4 Å². The Morgan fingerprint density at radius 1 is 1.00 bits per heavy atom. The number of likely N-dealkylation sites (tertiary alicyclic amines) is 1. The average molecular weight is 364 g/mol. The predicted octanol–water partition coefficient (Wildman–Crippen LogP) is 3.87. The molecule has 1 fully saturated rings. The van der Waals surface area contributed by atoms with Gasteiger partial charge < -0.3 is 10.2 Å². The Kier molecular flexibility index (Phi) is 6.28. The van der Waals surface area contributed by atoms with Crippen molar-refractivity contribution in [2.24, 2.45) is 5.92 Å². The van der Waals surface area contributed by atoms with Crippen molar-refractivity contribution in [2.75, 3.05) is 6.54 Å². The van der Waals surface area contributed by atoms with E-state index in [2.05, 4.69) is 36.5 Å². The fourth-order valence-corrected chi connectivity index (χ4v) is 3.78. The lowest BCUT2D eigenvalue weighted by atomic mass is 9.88. The van der Waals surface area contributed by atoms with Crippen LogP contribution in [0.4, 0.5) is 0 Å². The van der Waals surface area contributed by atoms with E-state index in [9.17, 15) is 9.59 Å². The summed E-state index contributed by atoms with van der Waals surface area (Å²) in [6.45, 7) is 4.74. The zero-order chi connectivity index (χ0) is 19.2. The van der Waals surface area contributed by atoms with Crippen molar-refractivity contribution < 1.29 is 9.59 Å². The van der Waals surface area contributed by atoms with Crippen LogP contribution in [0.1, 0.15) is 49.4 Å². The van der Waals surface area contributed by atoms with Crippen LogP contribution in [0.15, 0.2) is 54.6 Å². The summed E-state index contributed by atoms with van der Waals surface area (Å²) >= 11 is 0. The summed E-state index contributed by atoms with van der Waals surface area (Å²) < 4.78 is 0. The molecule has 27 heavy (non-hydrogen) atoms. The van der Waals surface area contributed by atoms with Crippen molar-refractivity contribution in [3.05, 3.63) is 71.3 Å². The lowest BCUT2D eigenvalue weighted by Gasteiger charge is -2.39. The van der Waals surface area contributed by atoms with Crippen molar-refractivity contribution in [1.82, 2.24) is 10.2 Å². The van der Waals surface area contributed by atoms with Gasteiger partial charge in [-0.25, -0.2) is 0 Å². The molecule has 1 heterocycles. The third-order valence-electron chi connectivity index (χ3n) is 5.44. The Morgan fingerprint density at radius 2 is 1.70 bits per heavy atom. The van der Waals surface area contributed by atoms with Crippen LogP contribution in [0.25, 0.3) is 0 Å². The first-order valence-corrected chi connectivity index (χ1v) is 9.76. The fourth-order valence-electron chi connectivity index (χ4n) is 3.78. The number of benzene rings is 2. The van der Waals surface area contributed by atoms with Crippen molar-refractivity contribution in [2.45, 2.75) is 45.7 Å². The summed E-state index contributed by atoms with van der Waals surface area (Å²) in [5.41, 5.74) is 3.53. The van der Waals surface area contributed by atoms with Gasteiger partial charge in [0.2, 0.25) is 11.8 Å². The smallest absolute Gasteiger partial charge is 0.225 e. The van der Waals surface area contributed by atoms with Crippen LogP contribution >= 0.6 is 0 Å². The number of hydrogen-bond acceptors (Lipinski definition) is 2. The van der Waals surface area contributed by atoms with Gasteiger partial charge in [0.05, 0.1) is 12.0 Å². The Hall–Kier alpha value is -2.62. The monoisotopic (exact) mass is 364 g/mol. The standard InChI is InChI=1S/C23H28N2O2/c1-3-18-9-11-20(12-10-18)22-14-13-21(16-25(22)17(2)26)23(27)24-15-19-7-5-4-6-8-19/h4-12,21-22H,3,13-16H2,1-2H3,(H,24,27)/t21-,22-/m0/s1. The molecule has 1 aliphatic rings. The molecule has 1 aliphatic heterocycles. The van der Waals surface area contributed by atoms with Crippen LogP contribution in [0.3, 0.4) is 0 Å². The quantitative estimate of drug-likeness (QED) is 0.876. The maximum atomic E-state index is 12.6. The van der Waals surface area contributed by atoms with E-state index in [-0.39, 0.29) is 23.8 Å². The Morgan fingerprint density at radius 3 is 2.33 bits per heavy atom. The highest BCUT2D eigenvalue weighted by Crippen LogP contribution is 2.33. The number of nitrogens with one attached hydrogen (secondary N) is 1. The van der Waals surface area contributed by atoms with Crippen molar-refractivity contribution in [3.8, 4) is 0 Å². The van der Waals surface area contributed by atoms with E-state index in [1.807, 2.05) is 35.2 Å². The van der Waals surface area contributed by atoms with Crippen LogP contribution in [0.2, 0.25) is 0 Å². The van der Waals surface area contributed by atoms with E-state index < -0.39 is 0 Å². The molecule has 0 spiro atoms. The van der Waals surface area contributed by atoms with Gasteiger partial charge in [-0.3, -0.25) is 9.59 Å². The Balaban J connectivity index is 1.64. The predicted molar refractivity (Wildman–Crippen MR) is 107 cm³/mol. The number of nitrogens with zero attached hydrogens (tertiary/aromatic N) is 1. The maximum absolute atomic E-state index is 12.6. The van der Waals surface area contributed by atoms with Crippen LogP contribution in [-0.4, -0.2) is 23.3 Å². The van der Waals surface area contributed by atoms with Crippen LogP contribution in [0, 0.1) is 5.92 Å². The average Bonchev–Trinajstić information content (AvgIpc) is 2.72. The van der Waals surface area contributed by atoms with E-state index in [0.717, 1.165) is 30.4 Å². The number of rotatable bonds is 5. The number of piperidine rings is 1. The SMILES string of the molecule is CCc1ccc([C@@H]2CC[C@H](C(=O)NCc3ccccc3)CN2C(C)=O)cc1. The van der Waals surface area contributed by atoms with Crippen LogP contribution < -0.4 is 5.32 Å². The molecule has 2 aromatic carbocycles. The third kappa shape index (κ3) is 4.76. The molecule has 1 saturated heterocycles. The summed E-state index contributed by atoms with van der Waals surface area (Å²) in [5.74, 6) is -0.0891. The van der Waals surface area contributed by atoms with Gasteiger partial charge in [0.1, 0.15) is 0 Å². The largest absolute Gasteiger partial charge is 0.352 e. The van der Waals surface area contributed by atoms with Gasteiger partial charge in [-0.15, -0.1) is 0 Å². The normalized spacial score (nSPS) is 19.6. The molecule has 2 atom stereocenters. The first kappa shape index (κ1) is 19.2. The number of aryl methyl sites for hydroxylation is 1. The van der Waals surface area contributed by atoms with Crippen LogP contribution in [-0.2, 0) is 22.6 Å². The molecule has 4 heteroatoms. The van der Waals surface area contributed by atoms with Gasteiger partial charge in [0, 0.05) is 20.0 Å². The minimum Gasteiger partial charge on any atom is -0.352 e. The van der Waals surface area contributed by atoms with Crippen molar-refractivity contribution in [3.63, 3.8) is 0 Å². The van der Waals surface area contributed by atoms with Gasteiger partial charge in [0.15, 0.2) is 0 Å². The van der Waals surface area contributed by atoms with E-state index in [4.69, 9.17) is 0 Å². The number of carbonyl (C=O) groups is 2. The molecule has 2 amide bonds. The van der Waals surface area contributed by atoms with Gasteiger partial charge in [0.25, 0.3) is 0 Å². The molecule has 0 aliphatic carbocycles. The van der Waals surface area contributed by atoms with E-state index in [1.165, 1.54) is 5.56 Å². The molecular formula is C23H28N2O2. The second-order valence-electron chi connectivity index (χ2n) is 7.26. The highest BCUT2D eigenvalue weighted by molar-refractivity contribution is 5.81. The Labute approximate surface area is 161 Å². The number of carbonyl (C=O) groups excluding carboxylic acids is 2. The Bertz CT molecular complexity index is 771. The molecule has 0 saturated carbocycles. The van der Waals surface area contributed by atoms with Crippen molar-refractivity contribution >= 4 is 11.8 Å². The van der Waals surface area contributed by atoms with E-state index >= 15 is 0 Å². The molecular weight excluding hydrogens is 336 g/mol. The van der Waals surface area contributed by atoms with Gasteiger partial charge >= 0.3 is 0 Å². The number of amides is 2. The number of hydrogen-bond donors (Lipinski definition) is 1. The second-order valence-corrected chi connectivity index (χ2v) is 7.26. The molecule has 2 aromatic rings. The lowest BCUT2D eigenvalue weighted by molar-refractivity contribution is -0.137. The first-order valence-electron chi connectivity index (χ1n) is 9.76. The van der Waals surface area contributed by atoms with Crippen molar-refractivity contribution in [1.29, 1.82) is 0 Å².